The second-order valence-corrected chi connectivity index (χ2v) is 6.68. The van der Waals surface area contributed by atoms with E-state index >= 15 is 0 Å². The molecule has 2 nitrogen and oxygen atoms in total. The van der Waals surface area contributed by atoms with Crippen LogP contribution in [0, 0.1) is 5.92 Å². The Morgan fingerprint density at radius 1 is 1.10 bits per heavy atom. The third-order valence-electron chi connectivity index (χ3n) is 5.28. The lowest BCUT2D eigenvalue weighted by molar-refractivity contribution is 0.309. The summed E-state index contributed by atoms with van der Waals surface area (Å²) in [5.74, 6) is 1.25. The predicted octanol–water partition coefficient (Wildman–Crippen LogP) is 4.33. The smallest absolute Gasteiger partial charge is 0.115 e. The van der Waals surface area contributed by atoms with Gasteiger partial charge in [-0.05, 0) is 61.8 Å². The van der Waals surface area contributed by atoms with E-state index in [0.717, 1.165) is 12.3 Å². The molecule has 2 N–H and O–H groups in total. The average molecular weight is 273 g/mol. The number of fused-ring (bicyclic) bond motifs is 1. The van der Waals surface area contributed by atoms with E-state index in [9.17, 15) is 5.11 Å². The minimum absolute atomic E-state index is 0.404. The van der Waals surface area contributed by atoms with Crippen LogP contribution in [0.5, 0.6) is 5.75 Å². The zero-order valence-corrected chi connectivity index (χ0v) is 12.6. The molecule has 2 aliphatic rings. The number of aromatic hydroxyl groups is 1. The molecule has 3 rings (SSSR count). The summed E-state index contributed by atoms with van der Waals surface area (Å²) in [5.41, 5.74) is 2.74. The Hall–Kier alpha value is -1.02. The molecule has 110 valence electrons. The van der Waals surface area contributed by atoms with Gasteiger partial charge in [-0.3, -0.25) is 0 Å². The summed E-state index contributed by atoms with van der Waals surface area (Å²) in [6.07, 6.45) is 10.7. The molecule has 0 amide bonds. The Kier molecular flexibility index (Phi) is 4.30. The molecule has 1 unspecified atom stereocenters. The SMILES string of the molecule is C[C@@H](NC1CCc2cc(O)ccc21)C1CCCCCC1. The quantitative estimate of drug-likeness (QED) is 0.803. The van der Waals surface area contributed by atoms with Crippen LogP contribution in [0.1, 0.15) is 69.0 Å². The molecular weight excluding hydrogens is 246 g/mol. The van der Waals surface area contributed by atoms with Crippen molar-refractivity contribution in [3.8, 4) is 5.75 Å². The molecule has 2 atom stereocenters. The molecule has 0 saturated heterocycles. The number of rotatable bonds is 3. The van der Waals surface area contributed by atoms with E-state index in [0.29, 0.717) is 17.8 Å². The van der Waals surface area contributed by atoms with Crippen molar-refractivity contribution in [2.75, 3.05) is 0 Å². The van der Waals surface area contributed by atoms with Crippen LogP contribution in [-0.2, 0) is 6.42 Å². The van der Waals surface area contributed by atoms with Crippen LogP contribution >= 0.6 is 0 Å². The molecule has 1 aromatic rings. The van der Waals surface area contributed by atoms with Crippen molar-refractivity contribution >= 4 is 0 Å². The van der Waals surface area contributed by atoms with Crippen LogP contribution in [0.25, 0.3) is 0 Å². The van der Waals surface area contributed by atoms with E-state index in [-0.39, 0.29) is 0 Å². The highest BCUT2D eigenvalue weighted by Gasteiger charge is 2.26. The van der Waals surface area contributed by atoms with Crippen molar-refractivity contribution in [1.29, 1.82) is 0 Å². The van der Waals surface area contributed by atoms with Gasteiger partial charge in [0.1, 0.15) is 5.75 Å². The number of aryl methyl sites for hydroxylation is 1. The summed E-state index contributed by atoms with van der Waals surface area (Å²) in [4.78, 5) is 0. The molecule has 0 aliphatic heterocycles. The second-order valence-electron chi connectivity index (χ2n) is 6.68. The average Bonchev–Trinajstić information content (AvgIpc) is 2.66. The van der Waals surface area contributed by atoms with Gasteiger partial charge in [0, 0.05) is 12.1 Å². The molecule has 1 saturated carbocycles. The van der Waals surface area contributed by atoms with Gasteiger partial charge in [-0.1, -0.05) is 31.7 Å². The highest BCUT2D eigenvalue weighted by Crippen LogP contribution is 2.35. The first-order chi connectivity index (χ1) is 9.74. The first kappa shape index (κ1) is 13.9. The fraction of sp³-hybridized carbons (Fsp3) is 0.667. The van der Waals surface area contributed by atoms with E-state index in [1.165, 1.54) is 56.1 Å². The van der Waals surface area contributed by atoms with Crippen LogP contribution in [-0.4, -0.2) is 11.1 Å². The van der Waals surface area contributed by atoms with Crippen molar-refractivity contribution in [2.24, 2.45) is 5.92 Å². The van der Waals surface area contributed by atoms with E-state index in [4.69, 9.17) is 0 Å². The summed E-state index contributed by atoms with van der Waals surface area (Å²) in [6.45, 7) is 2.37. The molecular formula is C18H27NO. The number of phenolic OH excluding ortho intramolecular Hbond substituents is 1. The summed E-state index contributed by atoms with van der Waals surface area (Å²) >= 11 is 0. The number of phenols is 1. The summed E-state index contributed by atoms with van der Waals surface area (Å²) in [6, 6.07) is 6.97. The van der Waals surface area contributed by atoms with E-state index in [2.05, 4.69) is 18.3 Å². The lowest BCUT2D eigenvalue weighted by Crippen LogP contribution is -2.35. The Morgan fingerprint density at radius 2 is 1.85 bits per heavy atom. The van der Waals surface area contributed by atoms with Crippen LogP contribution in [0.3, 0.4) is 0 Å². The zero-order valence-electron chi connectivity index (χ0n) is 12.6. The van der Waals surface area contributed by atoms with Crippen LogP contribution in [0.2, 0.25) is 0 Å². The first-order valence-corrected chi connectivity index (χ1v) is 8.32. The van der Waals surface area contributed by atoms with Gasteiger partial charge in [0.05, 0.1) is 0 Å². The molecule has 0 bridgehead atoms. The van der Waals surface area contributed by atoms with Gasteiger partial charge in [0.2, 0.25) is 0 Å². The minimum atomic E-state index is 0.404. The number of hydrogen-bond donors (Lipinski definition) is 2. The van der Waals surface area contributed by atoms with Crippen LogP contribution in [0.4, 0.5) is 0 Å². The maximum absolute atomic E-state index is 9.58. The monoisotopic (exact) mass is 273 g/mol. The van der Waals surface area contributed by atoms with Gasteiger partial charge in [-0.25, -0.2) is 0 Å². The van der Waals surface area contributed by atoms with Crippen molar-refractivity contribution < 1.29 is 5.11 Å². The van der Waals surface area contributed by atoms with E-state index < -0.39 is 0 Å². The molecule has 0 spiro atoms. The number of hydrogen-bond acceptors (Lipinski definition) is 2. The summed E-state index contributed by atoms with van der Waals surface area (Å²) in [7, 11) is 0. The van der Waals surface area contributed by atoms with E-state index in [1.807, 2.05) is 12.1 Å². The number of nitrogens with one attached hydrogen (secondary N) is 1. The van der Waals surface area contributed by atoms with E-state index in [1.54, 1.807) is 0 Å². The van der Waals surface area contributed by atoms with Gasteiger partial charge in [0.25, 0.3) is 0 Å². The third-order valence-corrected chi connectivity index (χ3v) is 5.28. The topological polar surface area (TPSA) is 32.3 Å². The maximum Gasteiger partial charge on any atom is 0.115 e. The van der Waals surface area contributed by atoms with Crippen molar-refractivity contribution in [1.82, 2.24) is 5.32 Å². The molecule has 2 heteroatoms. The molecule has 20 heavy (non-hydrogen) atoms. The maximum atomic E-state index is 9.58. The normalized spacial score (nSPS) is 25.1. The lowest BCUT2D eigenvalue weighted by atomic mass is 9.92. The van der Waals surface area contributed by atoms with Crippen LogP contribution < -0.4 is 5.32 Å². The molecule has 0 heterocycles. The molecule has 2 aliphatic carbocycles. The molecule has 0 aromatic heterocycles. The Labute approximate surface area is 122 Å². The third kappa shape index (κ3) is 3.01. The predicted molar refractivity (Wildman–Crippen MR) is 83.0 cm³/mol. The summed E-state index contributed by atoms with van der Waals surface area (Å²) < 4.78 is 0. The van der Waals surface area contributed by atoms with Gasteiger partial charge in [-0.15, -0.1) is 0 Å². The second kappa shape index (κ2) is 6.17. The number of benzene rings is 1. The molecule has 0 radical (unpaired) electrons. The van der Waals surface area contributed by atoms with Gasteiger partial charge in [-0.2, -0.15) is 0 Å². The minimum Gasteiger partial charge on any atom is -0.508 e. The summed E-state index contributed by atoms with van der Waals surface area (Å²) in [5, 5.41) is 13.4. The Bertz CT molecular complexity index is 449. The Balaban J connectivity index is 1.64. The van der Waals surface area contributed by atoms with Gasteiger partial charge < -0.3 is 10.4 Å². The first-order valence-electron chi connectivity index (χ1n) is 8.32. The standard InChI is InChI=1S/C18H27NO/c1-13(14-6-4-2-3-5-7-14)19-18-11-8-15-12-16(20)9-10-17(15)18/h9-10,12-14,18-20H,2-8,11H2,1H3/t13-,18?/m1/s1. The van der Waals surface area contributed by atoms with Gasteiger partial charge in [0.15, 0.2) is 0 Å². The zero-order chi connectivity index (χ0) is 13.9. The highest BCUT2D eigenvalue weighted by atomic mass is 16.3. The largest absolute Gasteiger partial charge is 0.508 e. The van der Waals surface area contributed by atoms with Crippen LogP contribution in [0.15, 0.2) is 18.2 Å². The molecule has 1 fully saturated rings. The highest BCUT2D eigenvalue weighted by molar-refractivity contribution is 5.40. The van der Waals surface area contributed by atoms with Gasteiger partial charge >= 0.3 is 0 Å². The Morgan fingerprint density at radius 3 is 2.60 bits per heavy atom. The van der Waals surface area contributed by atoms with Crippen molar-refractivity contribution in [3.05, 3.63) is 29.3 Å². The fourth-order valence-electron chi connectivity index (χ4n) is 4.04. The molecule has 1 aromatic carbocycles. The fourth-order valence-corrected chi connectivity index (χ4v) is 4.04. The lowest BCUT2D eigenvalue weighted by Gasteiger charge is -2.27. The van der Waals surface area contributed by atoms with Crippen molar-refractivity contribution in [2.45, 2.75) is 70.4 Å². The van der Waals surface area contributed by atoms with Crippen molar-refractivity contribution in [3.63, 3.8) is 0 Å².